The second kappa shape index (κ2) is 7.84. The Morgan fingerprint density at radius 2 is 1.97 bits per heavy atom. The number of anilines is 3. The quantitative estimate of drug-likeness (QED) is 0.499. The Kier molecular flexibility index (Phi) is 5.09. The summed E-state index contributed by atoms with van der Waals surface area (Å²) in [6.45, 7) is 0.687. The van der Waals surface area contributed by atoms with E-state index in [1.807, 2.05) is 30.1 Å². The lowest BCUT2D eigenvalue weighted by atomic mass is 10.2. The fourth-order valence-electron chi connectivity index (χ4n) is 3.10. The Morgan fingerprint density at radius 1 is 1.17 bits per heavy atom. The van der Waals surface area contributed by atoms with Crippen molar-refractivity contribution in [2.45, 2.75) is 6.54 Å². The SMILES string of the molecule is CNc1c(N)ncc(Oc2cnn3ccnc(N(C)Cc4ccccc4)c23)c1Cl. The smallest absolute Gasteiger partial charge is 0.177 e. The van der Waals surface area contributed by atoms with Gasteiger partial charge in [0.1, 0.15) is 10.8 Å². The summed E-state index contributed by atoms with van der Waals surface area (Å²) >= 11 is 6.43. The van der Waals surface area contributed by atoms with Crippen LogP contribution < -0.4 is 20.7 Å². The fourth-order valence-corrected chi connectivity index (χ4v) is 3.38. The van der Waals surface area contributed by atoms with Gasteiger partial charge in [0.05, 0.1) is 18.1 Å². The number of nitrogens with zero attached hydrogens (tertiary/aromatic N) is 5. The highest BCUT2D eigenvalue weighted by molar-refractivity contribution is 6.35. The number of nitrogens with two attached hydrogens (primary N) is 1. The highest BCUT2D eigenvalue weighted by atomic mass is 35.5. The van der Waals surface area contributed by atoms with E-state index >= 15 is 0 Å². The van der Waals surface area contributed by atoms with Gasteiger partial charge in [0, 0.05) is 33.0 Å². The number of hydrogen-bond acceptors (Lipinski definition) is 7. The largest absolute Gasteiger partial charge is 0.450 e. The van der Waals surface area contributed by atoms with E-state index in [2.05, 4.69) is 32.5 Å². The maximum atomic E-state index is 6.43. The van der Waals surface area contributed by atoms with Crippen LogP contribution in [0.5, 0.6) is 11.5 Å². The van der Waals surface area contributed by atoms with Crippen molar-refractivity contribution in [1.29, 1.82) is 0 Å². The molecule has 0 aliphatic heterocycles. The number of pyridine rings is 1. The van der Waals surface area contributed by atoms with Crippen molar-refractivity contribution in [2.24, 2.45) is 0 Å². The molecule has 0 saturated carbocycles. The third-order valence-corrected chi connectivity index (χ3v) is 4.86. The summed E-state index contributed by atoms with van der Waals surface area (Å²) in [7, 11) is 3.70. The summed E-state index contributed by atoms with van der Waals surface area (Å²) < 4.78 is 7.78. The Balaban J connectivity index is 1.72. The lowest BCUT2D eigenvalue weighted by Gasteiger charge is -2.19. The first-order valence-electron chi connectivity index (χ1n) is 8.95. The number of fused-ring (bicyclic) bond motifs is 1. The highest BCUT2D eigenvalue weighted by Crippen LogP contribution is 2.39. The van der Waals surface area contributed by atoms with E-state index in [1.54, 1.807) is 30.2 Å². The normalized spacial score (nSPS) is 10.9. The molecule has 4 aromatic rings. The molecule has 0 spiro atoms. The van der Waals surface area contributed by atoms with E-state index in [1.165, 1.54) is 11.8 Å². The van der Waals surface area contributed by atoms with Crippen molar-refractivity contribution >= 4 is 34.4 Å². The molecule has 29 heavy (non-hydrogen) atoms. The number of nitrogen functional groups attached to an aromatic ring is 1. The first-order valence-corrected chi connectivity index (χ1v) is 9.33. The van der Waals surface area contributed by atoms with Crippen molar-refractivity contribution in [1.82, 2.24) is 19.6 Å². The Morgan fingerprint density at radius 3 is 2.72 bits per heavy atom. The van der Waals surface area contributed by atoms with E-state index in [4.69, 9.17) is 22.1 Å². The van der Waals surface area contributed by atoms with Crippen molar-refractivity contribution in [3.05, 3.63) is 65.7 Å². The number of aromatic nitrogens is 4. The molecule has 3 aromatic heterocycles. The molecule has 4 rings (SSSR count). The van der Waals surface area contributed by atoms with Gasteiger partial charge in [-0.25, -0.2) is 14.5 Å². The van der Waals surface area contributed by atoms with E-state index in [0.29, 0.717) is 34.6 Å². The Labute approximate surface area is 172 Å². The van der Waals surface area contributed by atoms with E-state index in [9.17, 15) is 0 Å². The maximum absolute atomic E-state index is 6.43. The van der Waals surface area contributed by atoms with Crippen molar-refractivity contribution < 1.29 is 4.74 Å². The van der Waals surface area contributed by atoms with Gasteiger partial charge in [-0.05, 0) is 5.56 Å². The monoisotopic (exact) mass is 409 g/mol. The van der Waals surface area contributed by atoms with Crippen LogP contribution in [0, 0.1) is 0 Å². The zero-order chi connectivity index (χ0) is 20.4. The number of halogens is 1. The Bertz CT molecular complexity index is 1150. The van der Waals surface area contributed by atoms with Gasteiger partial charge in [0.25, 0.3) is 0 Å². The molecule has 0 bridgehead atoms. The van der Waals surface area contributed by atoms with E-state index in [-0.39, 0.29) is 0 Å². The topological polar surface area (TPSA) is 93.6 Å². The molecule has 148 valence electrons. The molecule has 0 aliphatic rings. The standard InChI is InChI=1S/C20H20ClN7O/c1-23-17-16(21)14(10-25-19(17)22)29-15-11-26-28-9-8-24-20(18(15)28)27(2)12-13-6-4-3-5-7-13/h3-11,23H,12H2,1-2H3,(H2,22,25). The van der Waals surface area contributed by atoms with E-state index in [0.717, 1.165) is 11.3 Å². The lowest BCUT2D eigenvalue weighted by molar-refractivity contribution is 0.486. The summed E-state index contributed by atoms with van der Waals surface area (Å²) in [5.41, 5.74) is 8.27. The molecule has 8 nitrogen and oxygen atoms in total. The predicted octanol–water partition coefficient (Wildman–Crippen LogP) is 3.83. The molecule has 3 heterocycles. The first-order chi connectivity index (χ1) is 14.1. The summed E-state index contributed by atoms with van der Waals surface area (Å²) in [5.74, 6) is 1.93. The Hall–Kier alpha value is -3.52. The van der Waals surface area contributed by atoms with Gasteiger partial charge in [0.2, 0.25) is 0 Å². The molecule has 0 aliphatic carbocycles. The average Bonchev–Trinajstić information content (AvgIpc) is 3.14. The summed E-state index contributed by atoms with van der Waals surface area (Å²) in [4.78, 5) is 10.7. The van der Waals surface area contributed by atoms with Gasteiger partial charge in [0.15, 0.2) is 22.8 Å². The molecule has 0 fully saturated rings. The number of nitrogens with one attached hydrogen (secondary N) is 1. The molecule has 0 unspecified atom stereocenters. The van der Waals surface area contributed by atoms with Crippen LogP contribution in [-0.2, 0) is 6.54 Å². The number of ether oxygens (including phenoxy) is 1. The molecule has 3 N–H and O–H groups in total. The van der Waals surface area contributed by atoms with Crippen LogP contribution >= 0.6 is 11.6 Å². The van der Waals surface area contributed by atoms with Crippen molar-refractivity contribution in [2.75, 3.05) is 30.0 Å². The zero-order valence-electron chi connectivity index (χ0n) is 16.0. The summed E-state index contributed by atoms with van der Waals surface area (Å²) in [6, 6.07) is 10.2. The number of rotatable bonds is 6. The molecular formula is C20H20ClN7O. The lowest BCUT2D eigenvalue weighted by Crippen LogP contribution is -2.18. The van der Waals surface area contributed by atoms with Crippen LogP contribution in [0.25, 0.3) is 5.52 Å². The predicted molar refractivity (Wildman–Crippen MR) is 115 cm³/mol. The van der Waals surface area contributed by atoms with Gasteiger partial charge in [-0.1, -0.05) is 41.9 Å². The molecule has 0 radical (unpaired) electrons. The van der Waals surface area contributed by atoms with Gasteiger partial charge in [-0.3, -0.25) is 0 Å². The molecule has 0 atom stereocenters. The van der Waals surface area contributed by atoms with Crippen LogP contribution in [0.1, 0.15) is 5.56 Å². The first kappa shape index (κ1) is 18.8. The van der Waals surface area contributed by atoms with Crippen LogP contribution in [0.4, 0.5) is 17.3 Å². The summed E-state index contributed by atoms with van der Waals surface area (Å²) in [6.07, 6.45) is 6.59. The molecule has 1 aromatic carbocycles. The van der Waals surface area contributed by atoms with Crippen LogP contribution in [0.15, 0.2) is 55.1 Å². The third kappa shape index (κ3) is 3.62. The number of hydrogen-bond donors (Lipinski definition) is 2. The van der Waals surface area contributed by atoms with Gasteiger partial charge >= 0.3 is 0 Å². The van der Waals surface area contributed by atoms with Crippen LogP contribution in [0.2, 0.25) is 5.02 Å². The minimum absolute atomic E-state index is 0.301. The van der Waals surface area contributed by atoms with Crippen molar-refractivity contribution in [3.8, 4) is 11.5 Å². The second-order valence-electron chi connectivity index (χ2n) is 6.44. The fraction of sp³-hybridized carbons (Fsp3) is 0.150. The van der Waals surface area contributed by atoms with E-state index < -0.39 is 0 Å². The molecular weight excluding hydrogens is 390 g/mol. The van der Waals surface area contributed by atoms with Crippen molar-refractivity contribution in [3.63, 3.8) is 0 Å². The van der Waals surface area contributed by atoms with Crippen LogP contribution in [-0.4, -0.2) is 33.7 Å². The zero-order valence-corrected chi connectivity index (χ0v) is 16.8. The minimum atomic E-state index is 0.301. The molecule has 0 saturated heterocycles. The summed E-state index contributed by atoms with van der Waals surface area (Å²) in [5, 5.41) is 7.66. The van der Waals surface area contributed by atoms with Gasteiger partial charge in [-0.2, -0.15) is 5.10 Å². The molecule has 9 heteroatoms. The third-order valence-electron chi connectivity index (χ3n) is 4.49. The van der Waals surface area contributed by atoms with Gasteiger partial charge < -0.3 is 20.7 Å². The average molecular weight is 410 g/mol. The number of benzene rings is 1. The van der Waals surface area contributed by atoms with Crippen LogP contribution in [0.3, 0.4) is 0 Å². The minimum Gasteiger partial charge on any atom is -0.450 e. The highest BCUT2D eigenvalue weighted by Gasteiger charge is 2.18. The van der Waals surface area contributed by atoms with Gasteiger partial charge in [-0.15, -0.1) is 0 Å². The molecule has 0 amide bonds. The maximum Gasteiger partial charge on any atom is 0.177 e. The second-order valence-corrected chi connectivity index (χ2v) is 6.82.